The van der Waals surface area contributed by atoms with Gasteiger partial charge in [-0.1, -0.05) is 17.7 Å². The SMILES string of the molecule is CC=C(C)CN(C)CCc1ccccn1. The molecule has 0 unspecified atom stereocenters. The lowest BCUT2D eigenvalue weighted by Gasteiger charge is -2.16. The molecule has 0 spiro atoms. The van der Waals surface area contributed by atoms with Crippen LogP contribution in [0.5, 0.6) is 0 Å². The number of aromatic nitrogens is 1. The largest absolute Gasteiger partial charge is 0.302 e. The summed E-state index contributed by atoms with van der Waals surface area (Å²) < 4.78 is 0. The average molecular weight is 204 g/mol. The van der Waals surface area contributed by atoms with Crippen molar-refractivity contribution in [3.05, 3.63) is 41.7 Å². The highest BCUT2D eigenvalue weighted by Crippen LogP contribution is 1.99. The van der Waals surface area contributed by atoms with E-state index in [-0.39, 0.29) is 0 Å². The first-order chi connectivity index (χ1) is 7.22. The van der Waals surface area contributed by atoms with E-state index in [1.807, 2.05) is 18.3 Å². The van der Waals surface area contributed by atoms with Crippen LogP contribution in [0, 0.1) is 0 Å². The first-order valence-electron chi connectivity index (χ1n) is 5.42. The lowest BCUT2D eigenvalue weighted by Crippen LogP contribution is -2.23. The zero-order valence-corrected chi connectivity index (χ0v) is 9.90. The number of pyridine rings is 1. The van der Waals surface area contributed by atoms with E-state index in [0.29, 0.717) is 0 Å². The lowest BCUT2D eigenvalue weighted by atomic mass is 10.2. The summed E-state index contributed by atoms with van der Waals surface area (Å²) in [6.07, 6.45) is 5.04. The van der Waals surface area contributed by atoms with Gasteiger partial charge in [-0.25, -0.2) is 0 Å². The monoisotopic (exact) mass is 204 g/mol. The van der Waals surface area contributed by atoms with Crippen LogP contribution in [-0.2, 0) is 6.42 Å². The van der Waals surface area contributed by atoms with Gasteiger partial charge in [0.05, 0.1) is 0 Å². The third-order valence-corrected chi connectivity index (χ3v) is 2.49. The minimum Gasteiger partial charge on any atom is -0.302 e. The van der Waals surface area contributed by atoms with E-state index in [4.69, 9.17) is 0 Å². The van der Waals surface area contributed by atoms with Crippen molar-refractivity contribution in [3.63, 3.8) is 0 Å². The van der Waals surface area contributed by atoms with Crippen LogP contribution in [0.3, 0.4) is 0 Å². The molecule has 0 bridgehead atoms. The van der Waals surface area contributed by atoms with Gasteiger partial charge < -0.3 is 4.90 Å². The van der Waals surface area contributed by atoms with Gasteiger partial charge in [0.25, 0.3) is 0 Å². The number of rotatable bonds is 5. The quantitative estimate of drug-likeness (QED) is 0.685. The molecule has 0 saturated heterocycles. The van der Waals surface area contributed by atoms with Gasteiger partial charge >= 0.3 is 0 Å². The van der Waals surface area contributed by atoms with Crippen molar-refractivity contribution in [1.29, 1.82) is 0 Å². The third-order valence-electron chi connectivity index (χ3n) is 2.49. The lowest BCUT2D eigenvalue weighted by molar-refractivity contribution is 0.365. The Hall–Kier alpha value is -1.15. The molecule has 0 fully saturated rings. The van der Waals surface area contributed by atoms with E-state index < -0.39 is 0 Å². The van der Waals surface area contributed by atoms with E-state index in [9.17, 15) is 0 Å². The Morgan fingerprint density at radius 2 is 2.27 bits per heavy atom. The number of nitrogens with zero attached hydrogens (tertiary/aromatic N) is 2. The van der Waals surface area contributed by atoms with Crippen LogP contribution < -0.4 is 0 Å². The molecular formula is C13H20N2. The predicted molar refractivity (Wildman–Crippen MR) is 64.9 cm³/mol. The molecule has 1 heterocycles. The van der Waals surface area contributed by atoms with Crippen molar-refractivity contribution in [2.75, 3.05) is 20.1 Å². The number of hydrogen-bond acceptors (Lipinski definition) is 2. The molecule has 2 heteroatoms. The van der Waals surface area contributed by atoms with Crippen molar-refractivity contribution in [2.24, 2.45) is 0 Å². The highest BCUT2D eigenvalue weighted by molar-refractivity contribution is 5.04. The molecule has 15 heavy (non-hydrogen) atoms. The highest BCUT2D eigenvalue weighted by atomic mass is 15.1. The first kappa shape index (κ1) is 11.9. The summed E-state index contributed by atoms with van der Waals surface area (Å²) in [4.78, 5) is 6.63. The Morgan fingerprint density at radius 1 is 1.47 bits per heavy atom. The second kappa shape index (κ2) is 6.36. The van der Waals surface area contributed by atoms with E-state index in [1.165, 1.54) is 11.3 Å². The third kappa shape index (κ3) is 4.75. The molecule has 0 atom stereocenters. The summed E-state index contributed by atoms with van der Waals surface area (Å²) in [6, 6.07) is 6.08. The molecule has 1 rings (SSSR count). The fourth-order valence-corrected chi connectivity index (χ4v) is 1.45. The average Bonchev–Trinajstić information content (AvgIpc) is 2.27. The molecule has 2 nitrogen and oxygen atoms in total. The number of allylic oxidation sites excluding steroid dienone is 1. The molecule has 1 aromatic rings. The van der Waals surface area contributed by atoms with Crippen LogP contribution in [0.1, 0.15) is 19.5 Å². The summed E-state index contributed by atoms with van der Waals surface area (Å²) in [7, 11) is 2.15. The fourth-order valence-electron chi connectivity index (χ4n) is 1.45. The van der Waals surface area contributed by atoms with Crippen LogP contribution in [0.2, 0.25) is 0 Å². The van der Waals surface area contributed by atoms with Crippen LogP contribution in [-0.4, -0.2) is 30.0 Å². The molecule has 0 aromatic carbocycles. The van der Waals surface area contributed by atoms with Gasteiger partial charge in [0, 0.05) is 31.4 Å². The molecule has 0 saturated carbocycles. The smallest absolute Gasteiger partial charge is 0.0416 e. The molecule has 1 aromatic heterocycles. The van der Waals surface area contributed by atoms with E-state index in [2.05, 4.69) is 42.9 Å². The highest BCUT2D eigenvalue weighted by Gasteiger charge is 2.00. The van der Waals surface area contributed by atoms with Crippen molar-refractivity contribution >= 4 is 0 Å². The van der Waals surface area contributed by atoms with Crippen LogP contribution >= 0.6 is 0 Å². The van der Waals surface area contributed by atoms with Crippen molar-refractivity contribution in [1.82, 2.24) is 9.88 Å². The van der Waals surface area contributed by atoms with Crippen LogP contribution in [0.4, 0.5) is 0 Å². The summed E-state index contributed by atoms with van der Waals surface area (Å²) >= 11 is 0. The van der Waals surface area contributed by atoms with Crippen LogP contribution in [0.25, 0.3) is 0 Å². The van der Waals surface area contributed by atoms with Gasteiger partial charge in [-0.05, 0) is 33.0 Å². The van der Waals surface area contributed by atoms with Gasteiger partial charge in [-0.2, -0.15) is 0 Å². The maximum absolute atomic E-state index is 4.31. The summed E-state index contributed by atoms with van der Waals surface area (Å²) in [5.41, 5.74) is 2.58. The predicted octanol–water partition coefficient (Wildman–Crippen LogP) is 2.52. The summed E-state index contributed by atoms with van der Waals surface area (Å²) in [5.74, 6) is 0. The Morgan fingerprint density at radius 3 is 2.87 bits per heavy atom. The topological polar surface area (TPSA) is 16.1 Å². The zero-order chi connectivity index (χ0) is 11.1. The molecule has 82 valence electrons. The number of hydrogen-bond donors (Lipinski definition) is 0. The molecule has 0 amide bonds. The standard InChI is InChI=1S/C13H20N2/c1-4-12(2)11-15(3)10-8-13-7-5-6-9-14-13/h4-7,9H,8,10-11H2,1-3H3. The molecule has 0 aliphatic carbocycles. The Kier molecular flexibility index (Phi) is 5.05. The normalized spacial score (nSPS) is 12.1. The van der Waals surface area contributed by atoms with Gasteiger partial charge in [0.2, 0.25) is 0 Å². The zero-order valence-electron chi connectivity index (χ0n) is 9.90. The second-order valence-corrected chi connectivity index (χ2v) is 3.94. The van der Waals surface area contributed by atoms with Crippen molar-refractivity contribution in [2.45, 2.75) is 20.3 Å². The molecule has 0 radical (unpaired) electrons. The first-order valence-corrected chi connectivity index (χ1v) is 5.42. The fraction of sp³-hybridized carbons (Fsp3) is 0.462. The Bertz CT molecular complexity index is 304. The summed E-state index contributed by atoms with van der Waals surface area (Å²) in [5, 5.41) is 0. The van der Waals surface area contributed by atoms with Gasteiger partial charge in [-0.15, -0.1) is 0 Å². The molecule has 0 aliphatic rings. The Labute approximate surface area is 92.6 Å². The second-order valence-electron chi connectivity index (χ2n) is 3.94. The molecule has 0 aliphatic heterocycles. The number of likely N-dealkylation sites (N-methyl/N-ethyl adjacent to an activating group) is 1. The van der Waals surface area contributed by atoms with Crippen molar-refractivity contribution < 1.29 is 0 Å². The van der Waals surface area contributed by atoms with Crippen molar-refractivity contribution in [3.8, 4) is 0 Å². The van der Waals surface area contributed by atoms with Gasteiger partial charge in [-0.3, -0.25) is 4.98 Å². The molecular weight excluding hydrogens is 184 g/mol. The Balaban J connectivity index is 2.31. The maximum Gasteiger partial charge on any atom is 0.0416 e. The van der Waals surface area contributed by atoms with Crippen LogP contribution in [0.15, 0.2) is 36.0 Å². The van der Waals surface area contributed by atoms with Gasteiger partial charge in [0.1, 0.15) is 0 Å². The maximum atomic E-state index is 4.31. The van der Waals surface area contributed by atoms with E-state index in [1.54, 1.807) is 0 Å². The summed E-state index contributed by atoms with van der Waals surface area (Å²) in [6.45, 7) is 6.35. The van der Waals surface area contributed by atoms with Gasteiger partial charge in [0.15, 0.2) is 0 Å². The van der Waals surface area contributed by atoms with E-state index in [0.717, 1.165) is 19.5 Å². The molecule has 0 N–H and O–H groups in total. The minimum absolute atomic E-state index is 1.02. The van der Waals surface area contributed by atoms with E-state index >= 15 is 0 Å². The minimum atomic E-state index is 1.02.